The van der Waals surface area contributed by atoms with Gasteiger partial charge in [-0.05, 0) is 36.1 Å². The van der Waals surface area contributed by atoms with Crippen LogP contribution in [0.25, 0.3) is 0 Å². The maximum absolute atomic E-state index is 12.7. The van der Waals surface area contributed by atoms with Crippen LogP contribution in [0.3, 0.4) is 0 Å². The number of carbonyl (C=O) groups is 1. The molecule has 132 valence electrons. The van der Waals surface area contributed by atoms with Crippen LogP contribution in [-0.2, 0) is 19.5 Å². The largest absolute Gasteiger partial charge is 0.459 e. The highest BCUT2D eigenvalue weighted by molar-refractivity contribution is 5.93. The number of hydrogen-bond acceptors (Lipinski definition) is 3. The van der Waals surface area contributed by atoms with Crippen molar-refractivity contribution in [2.45, 2.75) is 26.4 Å². The molecule has 0 N–H and O–H groups in total. The highest BCUT2D eigenvalue weighted by Crippen LogP contribution is 2.21. The average Bonchev–Trinajstić information content (AvgIpc) is 3.08. The van der Waals surface area contributed by atoms with Crippen LogP contribution in [-0.4, -0.2) is 21.9 Å². The van der Waals surface area contributed by atoms with E-state index in [1.165, 1.54) is 6.26 Å². The van der Waals surface area contributed by atoms with Crippen LogP contribution >= 0.6 is 0 Å². The van der Waals surface area contributed by atoms with Crippen molar-refractivity contribution in [1.29, 1.82) is 0 Å². The van der Waals surface area contributed by atoms with Gasteiger partial charge in [-0.1, -0.05) is 30.3 Å². The first-order valence-electron chi connectivity index (χ1n) is 8.71. The van der Waals surface area contributed by atoms with Gasteiger partial charge in [0.2, 0.25) is 0 Å². The number of benzene rings is 1. The quantitative estimate of drug-likeness (QED) is 0.731. The van der Waals surface area contributed by atoms with Gasteiger partial charge in [0.25, 0.3) is 11.5 Å². The van der Waals surface area contributed by atoms with Gasteiger partial charge in [-0.15, -0.1) is 0 Å². The second-order valence-electron chi connectivity index (χ2n) is 6.69. The fourth-order valence-corrected chi connectivity index (χ4v) is 3.39. The van der Waals surface area contributed by atoms with E-state index < -0.39 is 0 Å². The number of nitrogens with zero attached hydrogens (tertiary/aromatic N) is 2. The number of pyridine rings is 1. The average molecular weight is 348 g/mol. The minimum Gasteiger partial charge on any atom is -0.459 e. The lowest BCUT2D eigenvalue weighted by atomic mass is 10.0. The molecular weight excluding hydrogens is 328 g/mol. The lowest BCUT2D eigenvalue weighted by molar-refractivity contribution is 0.0701. The molecule has 1 aliphatic heterocycles. The molecule has 0 spiro atoms. The topological polar surface area (TPSA) is 55.5 Å². The number of rotatable bonds is 3. The summed E-state index contributed by atoms with van der Waals surface area (Å²) in [5.41, 5.74) is 3.96. The summed E-state index contributed by atoms with van der Waals surface area (Å²) >= 11 is 0. The molecule has 5 nitrogen and oxygen atoms in total. The van der Waals surface area contributed by atoms with Gasteiger partial charge in [0.05, 0.1) is 12.8 Å². The molecule has 0 fully saturated rings. The first kappa shape index (κ1) is 16.4. The summed E-state index contributed by atoms with van der Waals surface area (Å²) < 4.78 is 7.05. The van der Waals surface area contributed by atoms with E-state index in [4.69, 9.17) is 4.42 Å². The molecule has 0 unspecified atom stereocenters. The standard InChI is InChI=1S/C21H20N2O3/c1-15-8-10-26-20(15)21(25)22-9-7-17-11-19(24)23(14-18(17)13-22)12-16-5-3-2-4-6-16/h2-6,8,10-11,14H,7,9,12-13H2,1H3. The van der Waals surface area contributed by atoms with E-state index in [-0.39, 0.29) is 11.5 Å². The van der Waals surface area contributed by atoms with Gasteiger partial charge in [-0.2, -0.15) is 0 Å². The number of aryl methyl sites for hydroxylation is 1. The van der Waals surface area contributed by atoms with Gasteiger partial charge < -0.3 is 13.9 Å². The summed E-state index contributed by atoms with van der Waals surface area (Å²) in [6, 6.07) is 13.4. The summed E-state index contributed by atoms with van der Waals surface area (Å²) in [5.74, 6) is 0.296. The van der Waals surface area contributed by atoms with Crippen molar-refractivity contribution in [2.75, 3.05) is 6.54 Å². The molecule has 0 bridgehead atoms. The minimum atomic E-state index is -0.0982. The Morgan fingerprint density at radius 3 is 2.69 bits per heavy atom. The predicted octanol–water partition coefficient (Wildman–Crippen LogP) is 3.00. The smallest absolute Gasteiger partial charge is 0.290 e. The van der Waals surface area contributed by atoms with Crippen LogP contribution in [0.4, 0.5) is 0 Å². The number of carbonyl (C=O) groups excluding carboxylic acids is 1. The van der Waals surface area contributed by atoms with Crippen molar-refractivity contribution in [3.8, 4) is 0 Å². The van der Waals surface area contributed by atoms with Crippen molar-refractivity contribution in [1.82, 2.24) is 9.47 Å². The SMILES string of the molecule is Cc1ccoc1C(=O)N1CCc2cc(=O)n(Cc3ccccc3)cc2C1. The Labute approximate surface area is 151 Å². The van der Waals surface area contributed by atoms with Crippen molar-refractivity contribution in [3.05, 3.63) is 93.3 Å². The van der Waals surface area contributed by atoms with Crippen LogP contribution in [0.5, 0.6) is 0 Å². The highest BCUT2D eigenvalue weighted by atomic mass is 16.3. The van der Waals surface area contributed by atoms with Gasteiger partial charge in [-0.3, -0.25) is 9.59 Å². The minimum absolute atomic E-state index is 0.00532. The van der Waals surface area contributed by atoms with Crippen LogP contribution in [0.1, 0.15) is 32.8 Å². The molecule has 5 heteroatoms. The molecule has 4 rings (SSSR count). The van der Waals surface area contributed by atoms with Crippen LogP contribution < -0.4 is 5.56 Å². The summed E-state index contributed by atoms with van der Waals surface area (Å²) in [5, 5.41) is 0. The van der Waals surface area contributed by atoms with Gasteiger partial charge in [-0.25, -0.2) is 0 Å². The Morgan fingerprint density at radius 2 is 1.96 bits per heavy atom. The molecule has 0 aliphatic carbocycles. The highest BCUT2D eigenvalue weighted by Gasteiger charge is 2.25. The molecular formula is C21H20N2O3. The molecule has 0 saturated carbocycles. The first-order chi connectivity index (χ1) is 12.6. The molecule has 1 amide bonds. The summed E-state index contributed by atoms with van der Waals surface area (Å²) in [6.45, 7) is 3.47. The van der Waals surface area contributed by atoms with E-state index >= 15 is 0 Å². The zero-order valence-corrected chi connectivity index (χ0v) is 14.6. The van der Waals surface area contributed by atoms with Crippen LogP contribution in [0.15, 0.2) is 64.1 Å². The number of hydrogen-bond donors (Lipinski definition) is 0. The van der Waals surface area contributed by atoms with E-state index in [9.17, 15) is 9.59 Å². The molecule has 1 aliphatic rings. The summed E-state index contributed by atoms with van der Waals surface area (Å²) in [7, 11) is 0. The Balaban J connectivity index is 1.60. The maximum atomic E-state index is 12.7. The number of amides is 1. The normalized spacial score (nSPS) is 13.5. The second-order valence-corrected chi connectivity index (χ2v) is 6.69. The number of aromatic nitrogens is 1. The third-order valence-corrected chi connectivity index (χ3v) is 4.86. The fraction of sp³-hybridized carbons (Fsp3) is 0.238. The van der Waals surface area contributed by atoms with Gasteiger partial charge in [0.15, 0.2) is 5.76 Å². The van der Waals surface area contributed by atoms with Crippen LogP contribution in [0.2, 0.25) is 0 Å². The Kier molecular flexibility index (Phi) is 4.21. The fourth-order valence-electron chi connectivity index (χ4n) is 3.39. The molecule has 3 heterocycles. The van der Waals surface area contributed by atoms with Crippen molar-refractivity contribution in [2.24, 2.45) is 0 Å². The molecule has 0 radical (unpaired) electrons. The summed E-state index contributed by atoms with van der Waals surface area (Å²) in [6.07, 6.45) is 4.11. The van der Waals surface area contributed by atoms with Gasteiger partial charge in [0.1, 0.15) is 0 Å². The van der Waals surface area contributed by atoms with E-state index in [0.29, 0.717) is 31.8 Å². The summed E-state index contributed by atoms with van der Waals surface area (Å²) in [4.78, 5) is 26.9. The maximum Gasteiger partial charge on any atom is 0.290 e. The van der Waals surface area contributed by atoms with Crippen molar-refractivity contribution < 1.29 is 9.21 Å². The van der Waals surface area contributed by atoms with Gasteiger partial charge in [0, 0.05) is 30.9 Å². The lowest BCUT2D eigenvalue weighted by Gasteiger charge is -2.28. The molecule has 0 saturated heterocycles. The number of fused-ring (bicyclic) bond motifs is 1. The molecule has 26 heavy (non-hydrogen) atoms. The van der Waals surface area contributed by atoms with Crippen LogP contribution in [0, 0.1) is 6.92 Å². The second kappa shape index (κ2) is 6.67. The molecule has 3 aromatic rings. The molecule has 2 aromatic heterocycles. The van der Waals surface area contributed by atoms with E-state index in [1.54, 1.807) is 21.6 Å². The third-order valence-electron chi connectivity index (χ3n) is 4.86. The van der Waals surface area contributed by atoms with E-state index in [2.05, 4.69) is 0 Å². The molecule has 1 aromatic carbocycles. The lowest BCUT2D eigenvalue weighted by Crippen LogP contribution is -2.37. The first-order valence-corrected chi connectivity index (χ1v) is 8.71. The van der Waals surface area contributed by atoms with Crippen molar-refractivity contribution >= 4 is 5.91 Å². The Bertz CT molecular complexity index is 1000. The van der Waals surface area contributed by atoms with E-state index in [0.717, 1.165) is 22.3 Å². The monoisotopic (exact) mass is 348 g/mol. The molecule has 0 atom stereocenters. The number of furan rings is 1. The zero-order chi connectivity index (χ0) is 18.1. The van der Waals surface area contributed by atoms with Gasteiger partial charge >= 0.3 is 0 Å². The zero-order valence-electron chi connectivity index (χ0n) is 14.6. The predicted molar refractivity (Wildman–Crippen MR) is 98.1 cm³/mol. The van der Waals surface area contributed by atoms with Crippen molar-refractivity contribution in [3.63, 3.8) is 0 Å². The third kappa shape index (κ3) is 3.08. The van der Waals surface area contributed by atoms with E-state index in [1.807, 2.05) is 43.5 Å². The Hall–Kier alpha value is -3.08. The Morgan fingerprint density at radius 1 is 1.15 bits per heavy atom.